The average molecular weight is 390 g/mol. The maximum absolute atomic E-state index is 4.64. The fraction of sp³-hybridized carbons (Fsp3) is 0.474. The average Bonchev–Trinajstić information content (AvgIpc) is 3.14. The second-order valence-electron chi connectivity index (χ2n) is 7.87. The first-order chi connectivity index (χ1) is 14.4. The van der Waals surface area contributed by atoms with Crippen molar-refractivity contribution in [2.75, 3.05) is 18.0 Å². The molecule has 0 radical (unpaired) electrons. The summed E-state index contributed by atoms with van der Waals surface area (Å²) in [7, 11) is 0. The van der Waals surface area contributed by atoms with Gasteiger partial charge in [-0.15, -0.1) is 10.2 Å². The highest BCUT2D eigenvalue weighted by atomic mass is 15.3. The number of nitrogens with one attached hydrogen (secondary N) is 1. The third kappa shape index (κ3) is 2.95. The van der Waals surface area contributed by atoms with Crippen LogP contribution in [0.4, 0.5) is 5.82 Å². The van der Waals surface area contributed by atoms with E-state index in [-0.39, 0.29) is 0 Å². The second kappa shape index (κ2) is 6.64. The normalized spacial score (nSPS) is 18.0. The molecule has 1 aliphatic carbocycles. The lowest BCUT2D eigenvalue weighted by molar-refractivity contribution is 0.460. The Hall–Kier alpha value is -3.30. The molecule has 10 heteroatoms. The van der Waals surface area contributed by atoms with Crippen LogP contribution in [0, 0.1) is 0 Å². The molecule has 29 heavy (non-hydrogen) atoms. The van der Waals surface area contributed by atoms with E-state index in [0.29, 0.717) is 12.0 Å². The molecule has 1 saturated carbocycles. The van der Waals surface area contributed by atoms with Crippen LogP contribution < -0.4 is 4.90 Å². The molecule has 1 saturated heterocycles. The summed E-state index contributed by atoms with van der Waals surface area (Å²) < 4.78 is 4.46. The van der Waals surface area contributed by atoms with Crippen LogP contribution in [0.1, 0.15) is 49.3 Å². The molecule has 10 nitrogen and oxygen atoms in total. The van der Waals surface area contributed by atoms with Gasteiger partial charge < -0.3 is 19.0 Å². The lowest BCUT2D eigenvalue weighted by Crippen LogP contribution is -2.34. The molecule has 0 unspecified atom stereocenters. The number of imidazole rings is 2. The largest absolute Gasteiger partial charge is 0.355 e. The first-order valence-electron chi connectivity index (χ1n) is 10.2. The second-order valence-corrected chi connectivity index (χ2v) is 7.87. The number of H-pyrrole nitrogens is 1. The zero-order chi connectivity index (χ0) is 19.2. The van der Waals surface area contributed by atoms with Gasteiger partial charge in [-0.05, 0) is 25.7 Å². The van der Waals surface area contributed by atoms with Crippen LogP contribution in [0.15, 0.2) is 31.4 Å². The van der Waals surface area contributed by atoms with Gasteiger partial charge in [0.25, 0.3) is 0 Å². The van der Waals surface area contributed by atoms with Crippen LogP contribution in [-0.4, -0.2) is 57.3 Å². The minimum Gasteiger partial charge on any atom is -0.355 e. The van der Waals surface area contributed by atoms with E-state index in [1.54, 1.807) is 18.9 Å². The molecule has 4 aromatic heterocycles. The molecule has 1 aliphatic heterocycles. The van der Waals surface area contributed by atoms with E-state index < -0.39 is 0 Å². The molecule has 0 amide bonds. The Morgan fingerprint density at radius 2 is 1.93 bits per heavy atom. The van der Waals surface area contributed by atoms with E-state index in [4.69, 9.17) is 0 Å². The Bertz CT molecular complexity index is 1120. The number of nitrogens with zero attached hydrogens (tertiary/aromatic N) is 9. The topological polar surface area (TPSA) is 106 Å². The van der Waals surface area contributed by atoms with Gasteiger partial charge >= 0.3 is 0 Å². The van der Waals surface area contributed by atoms with Crippen molar-refractivity contribution in [1.82, 2.24) is 44.3 Å². The van der Waals surface area contributed by atoms with Crippen molar-refractivity contribution in [2.45, 2.75) is 44.2 Å². The summed E-state index contributed by atoms with van der Waals surface area (Å²) in [5, 5.41) is 9.20. The number of aromatic nitrogens is 9. The summed E-state index contributed by atoms with van der Waals surface area (Å²) >= 11 is 0. The van der Waals surface area contributed by atoms with Crippen LogP contribution in [0.25, 0.3) is 11.2 Å². The van der Waals surface area contributed by atoms with Gasteiger partial charge in [-0.2, -0.15) is 0 Å². The van der Waals surface area contributed by atoms with E-state index >= 15 is 0 Å². The summed E-state index contributed by atoms with van der Waals surface area (Å²) in [4.78, 5) is 22.6. The van der Waals surface area contributed by atoms with E-state index in [1.807, 2.05) is 12.5 Å². The van der Waals surface area contributed by atoms with E-state index in [0.717, 1.165) is 61.1 Å². The molecule has 0 atom stereocenters. The molecule has 148 valence electrons. The predicted octanol–water partition coefficient (Wildman–Crippen LogP) is 1.91. The van der Waals surface area contributed by atoms with Gasteiger partial charge in [0.1, 0.15) is 17.7 Å². The first kappa shape index (κ1) is 16.6. The smallest absolute Gasteiger partial charge is 0.182 e. The number of anilines is 1. The van der Waals surface area contributed by atoms with Crippen LogP contribution in [0.2, 0.25) is 0 Å². The molecule has 4 aromatic rings. The Morgan fingerprint density at radius 3 is 2.72 bits per heavy atom. The van der Waals surface area contributed by atoms with Crippen molar-refractivity contribution in [3.63, 3.8) is 0 Å². The van der Waals surface area contributed by atoms with Gasteiger partial charge in [-0.3, -0.25) is 0 Å². The highest BCUT2D eigenvalue weighted by Crippen LogP contribution is 2.40. The molecule has 0 aromatic carbocycles. The van der Waals surface area contributed by atoms with Gasteiger partial charge in [-0.1, -0.05) is 0 Å². The molecular formula is C19H22N10. The molecule has 2 aliphatic rings. The van der Waals surface area contributed by atoms with E-state index in [2.05, 4.69) is 49.2 Å². The third-order valence-electron chi connectivity index (χ3n) is 5.95. The van der Waals surface area contributed by atoms with Gasteiger partial charge in [0, 0.05) is 37.4 Å². The number of piperidine rings is 1. The summed E-state index contributed by atoms with van der Waals surface area (Å²) in [6.07, 6.45) is 13.4. The monoisotopic (exact) mass is 390 g/mol. The minimum absolute atomic E-state index is 0.426. The van der Waals surface area contributed by atoms with E-state index in [9.17, 15) is 0 Å². The summed E-state index contributed by atoms with van der Waals surface area (Å²) in [6, 6.07) is 0.558. The number of hydrogen-bond donors (Lipinski definition) is 1. The van der Waals surface area contributed by atoms with Gasteiger partial charge in [-0.25, -0.2) is 19.9 Å². The van der Waals surface area contributed by atoms with Crippen LogP contribution in [0.5, 0.6) is 0 Å². The lowest BCUT2D eigenvalue weighted by Gasteiger charge is -2.32. The highest BCUT2D eigenvalue weighted by Gasteiger charge is 2.34. The van der Waals surface area contributed by atoms with E-state index in [1.165, 1.54) is 12.8 Å². The van der Waals surface area contributed by atoms with Crippen molar-refractivity contribution in [2.24, 2.45) is 0 Å². The Kier molecular flexibility index (Phi) is 3.81. The Balaban J connectivity index is 1.23. The number of rotatable bonds is 5. The molecule has 2 fully saturated rings. The van der Waals surface area contributed by atoms with Crippen LogP contribution in [-0.2, 0) is 6.54 Å². The minimum atomic E-state index is 0.426. The van der Waals surface area contributed by atoms with Crippen LogP contribution >= 0.6 is 0 Å². The number of hydrogen-bond acceptors (Lipinski definition) is 7. The highest BCUT2D eigenvalue weighted by molar-refractivity contribution is 5.82. The quantitative estimate of drug-likeness (QED) is 0.555. The number of aromatic amines is 1. The predicted molar refractivity (Wildman–Crippen MR) is 105 cm³/mol. The standard InChI is InChI=1S/C19H22N10/c1-2-14(1)29-15(9-27-8-5-20-12-27)25-26-18(29)13-3-6-28(7-4-13)19-16-17(22-10-21-16)23-11-24-19/h5,8,10-14H,1-4,6-7,9H2,(H,21,22,23,24). The maximum atomic E-state index is 4.64. The maximum Gasteiger partial charge on any atom is 0.182 e. The lowest BCUT2D eigenvalue weighted by atomic mass is 9.95. The van der Waals surface area contributed by atoms with Crippen molar-refractivity contribution in [3.05, 3.63) is 43.0 Å². The Labute approximate surface area is 167 Å². The Morgan fingerprint density at radius 1 is 1.03 bits per heavy atom. The fourth-order valence-corrected chi connectivity index (χ4v) is 4.34. The van der Waals surface area contributed by atoms with Crippen molar-refractivity contribution < 1.29 is 0 Å². The fourth-order valence-electron chi connectivity index (χ4n) is 4.34. The SMILES string of the molecule is c1cn(Cc2nnc(C3CCN(c4ncnc5nc[nH]c45)CC3)n2C2CC2)cn1. The van der Waals surface area contributed by atoms with Crippen molar-refractivity contribution >= 4 is 17.0 Å². The summed E-state index contributed by atoms with van der Waals surface area (Å²) in [6.45, 7) is 2.59. The van der Waals surface area contributed by atoms with Crippen LogP contribution in [0.3, 0.4) is 0 Å². The molecule has 6 rings (SSSR count). The first-order valence-corrected chi connectivity index (χ1v) is 10.2. The summed E-state index contributed by atoms with van der Waals surface area (Å²) in [5.41, 5.74) is 1.63. The zero-order valence-corrected chi connectivity index (χ0v) is 16.0. The molecule has 1 N–H and O–H groups in total. The van der Waals surface area contributed by atoms with Gasteiger partial charge in [0.2, 0.25) is 0 Å². The van der Waals surface area contributed by atoms with Gasteiger partial charge in [0.05, 0.1) is 19.2 Å². The molecular weight excluding hydrogens is 368 g/mol. The molecule has 0 spiro atoms. The zero-order valence-electron chi connectivity index (χ0n) is 16.0. The van der Waals surface area contributed by atoms with Crippen molar-refractivity contribution in [1.29, 1.82) is 0 Å². The summed E-state index contributed by atoms with van der Waals surface area (Å²) in [5.74, 6) is 3.56. The van der Waals surface area contributed by atoms with Crippen molar-refractivity contribution in [3.8, 4) is 0 Å². The number of fused-ring (bicyclic) bond motifs is 1. The van der Waals surface area contributed by atoms with Gasteiger partial charge in [0.15, 0.2) is 17.3 Å². The molecule has 5 heterocycles. The molecule has 0 bridgehead atoms. The third-order valence-corrected chi connectivity index (χ3v) is 5.95.